The van der Waals surface area contributed by atoms with E-state index in [9.17, 15) is 5.11 Å². The molecule has 0 spiro atoms. The van der Waals surface area contributed by atoms with Gasteiger partial charge in [-0.2, -0.15) is 0 Å². The fraction of sp³-hybridized carbons (Fsp3) is 0.286. The van der Waals surface area contributed by atoms with E-state index in [2.05, 4.69) is 32.7 Å². The Labute approximate surface area is 125 Å². The van der Waals surface area contributed by atoms with E-state index < -0.39 is 0 Å². The van der Waals surface area contributed by atoms with Gasteiger partial charge in [0.05, 0.1) is 6.61 Å². The highest BCUT2D eigenvalue weighted by Crippen LogP contribution is 2.29. The Morgan fingerprint density at radius 3 is 2.89 bits per heavy atom. The Kier molecular flexibility index (Phi) is 5.24. The lowest BCUT2D eigenvalue weighted by Gasteiger charge is -2.10. The summed E-state index contributed by atoms with van der Waals surface area (Å²) < 4.78 is 6.47. The van der Waals surface area contributed by atoms with Crippen LogP contribution in [0.2, 0.25) is 0 Å². The number of aromatic hydroxyl groups is 1. The van der Waals surface area contributed by atoms with Gasteiger partial charge in [-0.1, -0.05) is 12.1 Å². The Bertz CT molecular complexity index is 542. The highest BCUT2D eigenvalue weighted by molar-refractivity contribution is 9.10. The zero-order chi connectivity index (χ0) is 13.7. The van der Waals surface area contributed by atoms with E-state index >= 15 is 0 Å². The van der Waals surface area contributed by atoms with Gasteiger partial charge in [0, 0.05) is 33.4 Å². The number of hydrogen-bond donors (Lipinski definition) is 2. The number of rotatable bonds is 6. The summed E-state index contributed by atoms with van der Waals surface area (Å²) >= 11 is 5.14. The Hall–Kier alpha value is -1.04. The van der Waals surface area contributed by atoms with E-state index in [0.717, 1.165) is 16.6 Å². The van der Waals surface area contributed by atoms with Crippen LogP contribution in [0.25, 0.3) is 0 Å². The lowest BCUT2D eigenvalue weighted by molar-refractivity contribution is 0.316. The summed E-state index contributed by atoms with van der Waals surface area (Å²) in [6, 6.07) is 7.66. The number of phenols is 1. The van der Waals surface area contributed by atoms with Crippen LogP contribution < -0.4 is 10.1 Å². The van der Waals surface area contributed by atoms with Crippen LogP contribution >= 0.6 is 27.3 Å². The fourth-order valence-electron chi connectivity index (χ4n) is 1.75. The summed E-state index contributed by atoms with van der Waals surface area (Å²) in [5.74, 6) is 0.768. The number of para-hydroxylation sites is 1. The van der Waals surface area contributed by atoms with Crippen LogP contribution in [0.4, 0.5) is 0 Å². The molecule has 0 aliphatic carbocycles. The lowest BCUT2D eigenvalue weighted by atomic mass is 10.2. The molecule has 2 N–H and O–H groups in total. The van der Waals surface area contributed by atoms with Crippen LogP contribution in [-0.4, -0.2) is 11.7 Å². The maximum absolute atomic E-state index is 10.1. The minimum absolute atomic E-state index is 0.226. The van der Waals surface area contributed by atoms with E-state index in [1.807, 2.05) is 19.1 Å². The van der Waals surface area contributed by atoms with Crippen molar-refractivity contribution >= 4 is 27.3 Å². The van der Waals surface area contributed by atoms with E-state index in [1.54, 1.807) is 17.4 Å². The molecule has 0 amide bonds. The van der Waals surface area contributed by atoms with Gasteiger partial charge in [0.15, 0.2) is 11.5 Å². The molecule has 0 aliphatic heterocycles. The van der Waals surface area contributed by atoms with Crippen LogP contribution in [0.1, 0.15) is 17.4 Å². The van der Waals surface area contributed by atoms with Gasteiger partial charge in [-0.15, -0.1) is 11.3 Å². The molecule has 0 atom stereocenters. The van der Waals surface area contributed by atoms with Crippen molar-refractivity contribution in [3.8, 4) is 11.5 Å². The summed E-state index contributed by atoms with van der Waals surface area (Å²) in [5, 5.41) is 15.4. The van der Waals surface area contributed by atoms with Crippen LogP contribution in [0.15, 0.2) is 34.1 Å². The van der Waals surface area contributed by atoms with Crippen molar-refractivity contribution in [2.45, 2.75) is 20.0 Å². The fourth-order valence-corrected chi connectivity index (χ4v) is 3.17. The van der Waals surface area contributed by atoms with E-state index in [1.165, 1.54) is 4.88 Å². The SMILES string of the molecule is CCOc1cccc(CNCc2cc(Br)cs2)c1O. The Morgan fingerprint density at radius 2 is 2.21 bits per heavy atom. The Morgan fingerprint density at radius 1 is 1.37 bits per heavy atom. The minimum atomic E-state index is 0.226. The number of phenolic OH excluding ortho intramolecular Hbond substituents is 1. The minimum Gasteiger partial charge on any atom is -0.504 e. The van der Waals surface area contributed by atoms with Crippen LogP contribution in [0, 0.1) is 0 Å². The molecule has 1 heterocycles. The number of hydrogen-bond acceptors (Lipinski definition) is 4. The first kappa shape index (κ1) is 14.4. The molecule has 0 unspecified atom stereocenters. The number of halogens is 1. The smallest absolute Gasteiger partial charge is 0.162 e. The average molecular weight is 342 g/mol. The lowest BCUT2D eigenvalue weighted by Crippen LogP contribution is -2.12. The Balaban J connectivity index is 1.94. The van der Waals surface area contributed by atoms with Crippen molar-refractivity contribution < 1.29 is 9.84 Å². The highest BCUT2D eigenvalue weighted by Gasteiger charge is 2.07. The third-order valence-electron chi connectivity index (χ3n) is 2.62. The van der Waals surface area contributed by atoms with Crippen molar-refractivity contribution in [2.24, 2.45) is 0 Å². The van der Waals surface area contributed by atoms with Crippen molar-refractivity contribution in [3.05, 3.63) is 44.6 Å². The summed E-state index contributed by atoms with van der Waals surface area (Å²) in [6.07, 6.45) is 0. The molecule has 1 aromatic heterocycles. The third-order valence-corrected chi connectivity index (χ3v) is 4.32. The van der Waals surface area contributed by atoms with Gasteiger partial charge < -0.3 is 15.2 Å². The molecule has 19 heavy (non-hydrogen) atoms. The molecular formula is C14H16BrNO2S. The average Bonchev–Trinajstić information content (AvgIpc) is 2.80. The van der Waals surface area contributed by atoms with Gasteiger partial charge in [-0.25, -0.2) is 0 Å². The molecular weight excluding hydrogens is 326 g/mol. The van der Waals surface area contributed by atoms with Gasteiger partial charge in [0.1, 0.15) is 0 Å². The monoisotopic (exact) mass is 341 g/mol. The van der Waals surface area contributed by atoms with Crippen molar-refractivity contribution in [1.82, 2.24) is 5.32 Å². The molecule has 0 saturated carbocycles. The van der Waals surface area contributed by atoms with Gasteiger partial charge in [-0.05, 0) is 35.0 Å². The van der Waals surface area contributed by atoms with Crippen molar-refractivity contribution in [1.29, 1.82) is 0 Å². The van der Waals surface area contributed by atoms with E-state index in [-0.39, 0.29) is 5.75 Å². The quantitative estimate of drug-likeness (QED) is 0.836. The van der Waals surface area contributed by atoms with E-state index in [0.29, 0.717) is 18.9 Å². The van der Waals surface area contributed by atoms with Gasteiger partial charge in [0.25, 0.3) is 0 Å². The molecule has 102 valence electrons. The molecule has 1 aromatic carbocycles. The first-order valence-electron chi connectivity index (χ1n) is 6.08. The first-order valence-corrected chi connectivity index (χ1v) is 7.75. The van der Waals surface area contributed by atoms with Crippen LogP contribution in [-0.2, 0) is 13.1 Å². The number of thiophene rings is 1. The summed E-state index contributed by atoms with van der Waals surface area (Å²) in [4.78, 5) is 1.26. The second kappa shape index (κ2) is 6.93. The maximum atomic E-state index is 10.1. The van der Waals surface area contributed by atoms with Gasteiger partial charge in [0.2, 0.25) is 0 Å². The maximum Gasteiger partial charge on any atom is 0.162 e. The van der Waals surface area contributed by atoms with E-state index in [4.69, 9.17) is 4.74 Å². The highest BCUT2D eigenvalue weighted by atomic mass is 79.9. The summed E-state index contributed by atoms with van der Waals surface area (Å²) in [6.45, 7) is 3.85. The molecule has 2 aromatic rings. The van der Waals surface area contributed by atoms with Crippen molar-refractivity contribution in [3.63, 3.8) is 0 Å². The third kappa shape index (κ3) is 3.96. The predicted octanol–water partition coefficient (Wildman–Crippen LogP) is 3.90. The molecule has 5 heteroatoms. The summed E-state index contributed by atoms with van der Waals surface area (Å²) in [5.41, 5.74) is 0.849. The van der Waals surface area contributed by atoms with Crippen LogP contribution in [0.5, 0.6) is 11.5 Å². The van der Waals surface area contributed by atoms with Gasteiger partial charge in [-0.3, -0.25) is 0 Å². The first-order chi connectivity index (χ1) is 9.20. The zero-order valence-corrected chi connectivity index (χ0v) is 13.1. The molecule has 0 aliphatic rings. The largest absolute Gasteiger partial charge is 0.504 e. The molecule has 2 rings (SSSR count). The molecule has 0 saturated heterocycles. The number of benzene rings is 1. The van der Waals surface area contributed by atoms with Crippen molar-refractivity contribution in [2.75, 3.05) is 6.61 Å². The standard InChI is InChI=1S/C14H16BrNO2S/c1-2-18-13-5-3-4-10(14(13)17)7-16-8-12-6-11(15)9-19-12/h3-6,9,16-17H,2,7-8H2,1H3. The molecule has 3 nitrogen and oxygen atoms in total. The zero-order valence-electron chi connectivity index (χ0n) is 10.6. The molecule has 0 radical (unpaired) electrons. The van der Waals surface area contributed by atoms with Crippen LogP contribution in [0.3, 0.4) is 0 Å². The topological polar surface area (TPSA) is 41.5 Å². The number of ether oxygens (including phenoxy) is 1. The second-order valence-electron chi connectivity index (χ2n) is 4.03. The second-order valence-corrected chi connectivity index (χ2v) is 5.94. The predicted molar refractivity (Wildman–Crippen MR) is 81.8 cm³/mol. The molecule has 0 fully saturated rings. The number of nitrogens with one attached hydrogen (secondary N) is 1. The summed E-state index contributed by atoms with van der Waals surface area (Å²) in [7, 11) is 0. The molecule has 0 bridgehead atoms. The normalized spacial score (nSPS) is 10.6. The van der Waals surface area contributed by atoms with Gasteiger partial charge >= 0.3 is 0 Å².